The topological polar surface area (TPSA) is 111 Å². The normalized spacial score (nSPS) is 12.1. The maximum atomic E-state index is 12.4. The predicted octanol–water partition coefficient (Wildman–Crippen LogP) is 3.20. The number of rotatable bonds is 4. The van der Waals surface area contributed by atoms with E-state index in [9.17, 15) is 9.59 Å². The van der Waals surface area contributed by atoms with E-state index in [-0.39, 0.29) is 11.4 Å². The van der Waals surface area contributed by atoms with Gasteiger partial charge >= 0.3 is 5.97 Å². The van der Waals surface area contributed by atoms with Crippen LogP contribution < -0.4 is 5.56 Å². The Morgan fingerprint density at radius 2 is 1.86 bits per heavy atom. The van der Waals surface area contributed by atoms with Crippen LogP contribution in [0.5, 0.6) is 0 Å². The number of ether oxygens (including phenoxy) is 1. The summed E-state index contributed by atoms with van der Waals surface area (Å²) in [5, 5.41) is 4.22. The van der Waals surface area contributed by atoms with Crippen LogP contribution in [0.4, 0.5) is 0 Å². The third-order valence-electron chi connectivity index (χ3n) is 4.20. The first kappa shape index (κ1) is 17.6. The van der Waals surface area contributed by atoms with Crippen molar-refractivity contribution in [2.24, 2.45) is 0 Å². The maximum Gasteiger partial charge on any atom is 0.338 e. The fourth-order valence-electron chi connectivity index (χ4n) is 2.74. The molecule has 28 heavy (non-hydrogen) atoms. The molecule has 0 amide bonds. The van der Waals surface area contributed by atoms with Gasteiger partial charge in [-0.25, -0.2) is 9.78 Å². The molecule has 8 nitrogen and oxygen atoms in total. The fourth-order valence-corrected chi connectivity index (χ4v) is 2.74. The highest BCUT2D eigenvalue weighted by molar-refractivity contribution is 5.90. The van der Waals surface area contributed by atoms with Gasteiger partial charge in [-0.3, -0.25) is 4.79 Å². The van der Waals surface area contributed by atoms with Crippen molar-refractivity contribution < 1.29 is 14.1 Å². The number of fused-ring (bicyclic) bond motifs is 1. The van der Waals surface area contributed by atoms with Gasteiger partial charge in [0.2, 0.25) is 0 Å². The molecule has 4 rings (SSSR count). The number of hydrogen-bond acceptors (Lipinski definition) is 7. The molecule has 8 heteroatoms. The van der Waals surface area contributed by atoms with E-state index >= 15 is 0 Å². The van der Waals surface area contributed by atoms with Crippen LogP contribution in [0.15, 0.2) is 57.8 Å². The fraction of sp³-hybridized carbons (Fsp3) is 0.150. The van der Waals surface area contributed by atoms with Crippen LogP contribution in [-0.4, -0.2) is 26.1 Å². The first-order valence-corrected chi connectivity index (χ1v) is 8.62. The van der Waals surface area contributed by atoms with Crippen molar-refractivity contribution in [2.45, 2.75) is 20.0 Å². The minimum absolute atomic E-state index is 0.275. The molecule has 1 N–H and O–H groups in total. The van der Waals surface area contributed by atoms with Crippen molar-refractivity contribution in [3.8, 4) is 11.5 Å². The number of carbonyl (C=O) groups excluding carboxylic acids is 1. The molecule has 0 radical (unpaired) electrons. The van der Waals surface area contributed by atoms with E-state index in [1.165, 1.54) is 0 Å². The van der Waals surface area contributed by atoms with Gasteiger partial charge in [0.1, 0.15) is 0 Å². The Kier molecular flexibility index (Phi) is 4.44. The number of hydrogen-bond donors (Lipinski definition) is 1. The van der Waals surface area contributed by atoms with Gasteiger partial charge in [-0.2, -0.15) is 4.98 Å². The number of aromatic nitrogens is 4. The first-order valence-electron chi connectivity index (χ1n) is 8.62. The highest BCUT2D eigenvalue weighted by Gasteiger charge is 2.17. The highest BCUT2D eigenvalue weighted by Crippen LogP contribution is 2.20. The number of carbonyl (C=O) groups is 1. The molecule has 0 saturated carbocycles. The number of nitrogens with one attached hydrogen (secondary N) is 1. The molecule has 0 saturated heterocycles. The van der Waals surface area contributed by atoms with Crippen LogP contribution in [0, 0.1) is 6.92 Å². The molecular formula is C20H16N4O4. The van der Waals surface area contributed by atoms with E-state index in [1.807, 2.05) is 0 Å². The zero-order valence-corrected chi connectivity index (χ0v) is 15.2. The van der Waals surface area contributed by atoms with Gasteiger partial charge in [0.25, 0.3) is 11.4 Å². The lowest BCUT2D eigenvalue weighted by atomic mass is 10.1. The lowest BCUT2D eigenvalue weighted by molar-refractivity contribution is 0.0320. The molecule has 2 aromatic heterocycles. The van der Waals surface area contributed by atoms with Crippen molar-refractivity contribution in [1.82, 2.24) is 20.1 Å². The van der Waals surface area contributed by atoms with Crippen LogP contribution in [0.2, 0.25) is 0 Å². The Morgan fingerprint density at radius 3 is 2.57 bits per heavy atom. The van der Waals surface area contributed by atoms with Crippen LogP contribution in [0.1, 0.15) is 35.0 Å². The monoisotopic (exact) mass is 376 g/mol. The second-order valence-electron chi connectivity index (χ2n) is 6.24. The number of benzene rings is 2. The molecule has 4 aromatic rings. The lowest BCUT2D eigenvalue weighted by Gasteiger charge is -2.13. The van der Waals surface area contributed by atoms with Gasteiger partial charge in [0.05, 0.1) is 16.5 Å². The Hall–Kier alpha value is -3.81. The Bertz CT molecular complexity index is 1210. The van der Waals surface area contributed by atoms with Gasteiger partial charge in [-0.1, -0.05) is 17.3 Å². The van der Waals surface area contributed by atoms with Crippen molar-refractivity contribution in [2.75, 3.05) is 0 Å². The van der Waals surface area contributed by atoms with E-state index in [2.05, 4.69) is 20.1 Å². The SMILES string of the molecule is Cc1noc(-c2ccc(C(=O)OC(C)c3nc4ccccc4c(=O)[nH]3)cc2)n1. The number of para-hydroxylation sites is 1. The lowest BCUT2D eigenvalue weighted by Crippen LogP contribution is -2.17. The Morgan fingerprint density at radius 1 is 1.11 bits per heavy atom. The van der Waals surface area contributed by atoms with Crippen LogP contribution in [-0.2, 0) is 4.74 Å². The smallest absolute Gasteiger partial charge is 0.338 e. The molecular weight excluding hydrogens is 360 g/mol. The molecule has 0 aliphatic heterocycles. The van der Waals surface area contributed by atoms with E-state index < -0.39 is 12.1 Å². The van der Waals surface area contributed by atoms with E-state index in [0.29, 0.717) is 33.7 Å². The minimum Gasteiger partial charge on any atom is -0.451 e. The third-order valence-corrected chi connectivity index (χ3v) is 4.20. The summed E-state index contributed by atoms with van der Waals surface area (Å²) in [6.07, 6.45) is -0.719. The molecule has 0 fully saturated rings. The zero-order valence-electron chi connectivity index (χ0n) is 15.2. The van der Waals surface area contributed by atoms with Crippen LogP contribution in [0.25, 0.3) is 22.4 Å². The summed E-state index contributed by atoms with van der Waals surface area (Å²) >= 11 is 0. The van der Waals surface area contributed by atoms with E-state index in [4.69, 9.17) is 9.26 Å². The molecule has 2 heterocycles. The molecule has 0 spiro atoms. The third kappa shape index (κ3) is 3.39. The summed E-state index contributed by atoms with van der Waals surface area (Å²) in [4.78, 5) is 35.8. The molecule has 1 atom stereocenters. The van der Waals surface area contributed by atoms with Crippen LogP contribution in [0.3, 0.4) is 0 Å². The average Bonchev–Trinajstić information content (AvgIpc) is 3.14. The van der Waals surface area contributed by atoms with E-state index in [1.54, 1.807) is 62.4 Å². The van der Waals surface area contributed by atoms with Crippen LogP contribution >= 0.6 is 0 Å². The number of H-pyrrole nitrogens is 1. The quantitative estimate of drug-likeness (QED) is 0.544. The predicted molar refractivity (Wildman–Crippen MR) is 101 cm³/mol. The number of esters is 1. The van der Waals surface area contributed by atoms with Crippen molar-refractivity contribution in [1.29, 1.82) is 0 Å². The van der Waals surface area contributed by atoms with Crippen molar-refractivity contribution in [3.63, 3.8) is 0 Å². The summed E-state index contributed by atoms with van der Waals surface area (Å²) in [5.74, 6) is 0.666. The summed E-state index contributed by atoms with van der Waals surface area (Å²) in [7, 11) is 0. The number of nitrogens with zero attached hydrogens (tertiary/aromatic N) is 3. The van der Waals surface area contributed by atoms with Gasteiger partial charge in [0.15, 0.2) is 17.8 Å². The second kappa shape index (κ2) is 7.07. The van der Waals surface area contributed by atoms with E-state index in [0.717, 1.165) is 0 Å². The summed E-state index contributed by atoms with van der Waals surface area (Å²) < 4.78 is 10.6. The van der Waals surface area contributed by atoms with Crippen molar-refractivity contribution in [3.05, 3.63) is 76.1 Å². The Labute approximate surface area is 159 Å². The second-order valence-corrected chi connectivity index (χ2v) is 6.24. The van der Waals surface area contributed by atoms with Gasteiger partial charge in [-0.15, -0.1) is 0 Å². The highest BCUT2D eigenvalue weighted by atomic mass is 16.5. The maximum absolute atomic E-state index is 12.4. The van der Waals surface area contributed by atoms with Gasteiger partial charge in [-0.05, 0) is 50.2 Å². The standard InChI is InChI=1S/C20H16N4O4/c1-11(17-22-16-6-4-3-5-15(16)18(25)23-17)27-20(26)14-9-7-13(8-10-14)19-21-12(2)24-28-19/h3-11H,1-2H3,(H,22,23,25). The summed E-state index contributed by atoms with van der Waals surface area (Å²) in [5.41, 5.74) is 1.33. The Balaban J connectivity index is 1.52. The largest absolute Gasteiger partial charge is 0.451 e. The zero-order chi connectivity index (χ0) is 19.7. The molecule has 140 valence electrons. The molecule has 0 bridgehead atoms. The number of aromatic amines is 1. The van der Waals surface area contributed by atoms with Crippen molar-refractivity contribution >= 4 is 16.9 Å². The first-order chi connectivity index (χ1) is 13.5. The summed E-state index contributed by atoms with van der Waals surface area (Å²) in [6.45, 7) is 3.38. The summed E-state index contributed by atoms with van der Waals surface area (Å²) in [6, 6.07) is 13.6. The average molecular weight is 376 g/mol. The van der Waals surface area contributed by atoms with Gasteiger partial charge < -0.3 is 14.2 Å². The number of aryl methyl sites for hydroxylation is 1. The van der Waals surface area contributed by atoms with Gasteiger partial charge in [0, 0.05) is 5.56 Å². The minimum atomic E-state index is -0.719. The molecule has 1 unspecified atom stereocenters. The molecule has 0 aliphatic rings. The molecule has 2 aromatic carbocycles. The molecule has 0 aliphatic carbocycles.